The highest BCUT2D eigenvalue weighted by Crippen LogP contribution is 2.23. The van der Waals surface area contributed by atoms with Gasteiger partial charge in [0.05, 0.1) is 12.8 Å². The molecule has 0 fully saturated rings. The van der Waals surface area contributed by atoms with Gasteiger partial charge in [-0.3, -0.25) is 4.98 Å². The second kappa shape index (κ2) is 5.79. The van der Waals surface area contributed by atoms with E-state index >= 15 is 0 Å². The molecule has 0 unspecified atom stereocenters. The highest BCUT2D eigenvalue weighted by Gasteiger charge is 2.15. The molecule has 0 bridgehead atoms. The van der Waals surface area contributed by atoms with Crippen molar-refractivity contribution in [1.29, 1.82) is 0 Å². The van der Waals surface area contributed by atoms with Crippen LogP contribution in [-0.2, 0) is 11.3 Å². The minimum Gasteiger partial charge on any atom is -0.465 e. The van der Waals surface area contributed by atoms with E-state index in [0.717, 1.165) is 11.1 Å². The lowest BCUT2D eigenvalue weighted by atomic mass is 10.2. The lowest BCUT2D eigenvalue weighted by molar-refractivity contribution is 0.0605. The molecule has 2 rings (SSSR count). The summed E-state index contributed by atoms with van der Waals surface area (Å²) in [6, 6.07) is 1.96. The number of thiazole rings is 1. The van der Waals surface area contributed by atoms with Crippen molar-refractivity contribution < 1.29 is 9.53 Å². The Labute approximate surface area is 115 Å². The van der Waals surface area contributed by atoms with E-state index in [9.17, 15) is 4.79 Å². The zero-order valence-electron chi connectivity index (χ0n) is 11.1. The van der Waals surface area contributed by atoms with Crippen molar-refractivity contribution in [3.05, 3.63) is 40.2 Å². The fourth-order valence-electron chi connectivity index (χ4n) is 1.63. The normalized spacial score (nSPS) is 10.3. The van der Waals surface area contributed by atoms with Gasteiger partial charge in [0, 0.05) is 18.9 Å². The van der Waals surface area contributed by atoms with E-state index in [-0.39, 0.29) is 5.97 Å². The molecule has 2 heterocycles. The summed E-state index contributed by atoms with van der Waals surface area (Å²) in [6.45, 7) is 4.46. The Hall–Kier alpha value is -1.95. The van der Waals surface area contributed by atoms with Crippen LogP contribution in [0.15, 0.2) is 18.5 Å². The number of carbonyl (C=O) groups excluding carboxylic acids is 1. The predicted octanol–water partition coefficient (Wildman–Crippen LogP) is 2.55. The molecule has 0 saturated carbocycles. The lowest BCUT2D eigenvalue weighted by Gasteiger charge is -2.05. The number of anilines is 1. The standard InChI is InChI=1S/C13H15N3O2S/c1-8-6-14-5-4-10(8)7-15-13-16-9(2)11(19-13)12(17)18-3/h4-6H,7H2,1-3H3,(H,15,16). The van der Waals surface area contributed by atoms with Gasteiger partial charge in [0.25, 0.3) is 0 Å². The quantitative estimate of drug-likeness (QED) is 0.870. The number of aromatic nitrogens is 2. The topological polar surface area (TPSA) is 64.1 Å². The fraction of sp³-hybridized carbons (Fsp3) is 0.308. The maximum atomic E-state index is 11.5. The number of nitrogens with one attached hydrogen (secondary N) is 1. The summed E-state index contributed by atoms with van der Waals surface area (Å²) >= 11 is 1.30. The molecule has 0 saturated heterocycles. The van der Waals surface area contributed by atoms with Crippen LogP contribution in [0, 0.1) is 13.8 Å². The van der Waals surface area contributed by atoms with Crippen LogP contribution in [0.1, 0.15) is 26.5 Å². The fourth-order valence-corrected chi connectivity index (χ4v) is 2.51. The van der Waals surface area contributed by atoms with Crippen LogP contribution in [0.2, 0.25) is 0 Å². The predicted molar refractivity (Wildman–Crippen MR) is 74.5 cm³/mol. The van der Waals surface area contributed by atoms with E-state index in [2.05, 4.69) is 15.3 Å². The van der Waals surface area contributed by atoms with Crippen LogP contribution in [0.4, 0.5) is 5.13 Å². The van der Waals surface area contributed by atoms with E-state index in [1.807, 2.05) is 19.2 Å². The Morgan fingerprint density at radius 3 is 2.95 bits per heavy atom. The number of ether oxygens (including phenoxy) is 1. The molecular formula is C13H15N3O2S. The van der Waals surface area contributed by atoms with Crippen molar-refractivity contribution in [3.63, 3.8) is 0 Å². The summed E-state index contributed by atoms with van der Waals surface area (Å²) in [6.07, 6.45) is 3.58. The first-order valence-corrected chi connectivity index (χ1v) is 6.62. The molecule has 0 amide bonds. The largest absolute Gasteiger partial charge is 0.465 e. The molecule has 0 aliphatic carbocycles. The first-order chi connectivity index (χ1) is 9.11. The van der Waals surface area contributed by atoms with Gasteiger partial charge in [-0.2, -0.15) is 0 Å². The van der Waals surface area contributed by atoms with Gasteiger partial charge in [-0.15, -0.1) is 0 Å². The average Bonchev–Trinajstić information content (AvgIpc) is 2.78. The van der Waals surface area contributed by atoms with Crippen molar-refractivity contribution in [2.24, 2.45) is 0 Å². The summed E-state index contributed by atoms with van der Waals surface area (Å²) in [5.74, 6) is -0.344. The molecule has 6 heteroatoms. The van der Waals surface area contributed by atoms with Gasteiger partial charge in [0.1, 0.15) is 4.88 Å². The summed E-state index contributed by atoms with van der Waals surface area (Å²) < 4.78 is 4.71. The smallest absolute Gasteiger partial charge is 0.350 e. The first-order valence-electron chi connectivity index (χ1n) is 5.81. The molecule has 2 aromatic heterocycles. The number of methoxy groups -OCH3 is 1. The molecule has 0 radical (unpaired) electrons. The monoisotopic (exact) mass is 277 g/mol. The maximum absolute atomic E-state index is 11.5. The molecule has 100 valence electrons. The molecule has 0 atom stereocenters. The molecule has 0 spiro atoms. The van der Waals surface area contributed by atoms with Crippen molar-refractivity contribution in [3.8, 4) is 0 Å². The number of carbonyl (C=O) groups is 1. The maximum Gasteiger partial charge on any atom is 0.350 e. The van der Waals surface area contributed by atoms with Gasteiger partial charge < -0.3 is 10.1 Å². The summed E-state index contributed by atoms with van der Waals surface area (Å²) in [5, 5.41) is 3.93. The number of nitrogens with zero attached hydrogens (tertiary/aromatic N) is 2. The first kappa shape index (κ1) is 13.5. The molecule has 5 nitrogen and oxygen atoms in total. The Balaban J connectivity index is 2.09. The number of rotatable bonds is 4. The molecule has 19 heavy (non-hydrogen) atoms. The second-order valence-electron chi connectivity index (χ2n) is 4.08. The Kier molecular flexibility index (Phi) is 4.11. The minimum absolute atomic E-state index is 0.344. The SMILES string of the molecule is COC(=O)c1sc(NCc2ccncc2C)nc1C. The second-order valence-corrected chi connectivity index (χ2v) is 5.08. The van der Waals surface area contributed by atoms with Crippen LogP contribution >= 0.6 is 11.3 Å². The van der Waals surface area contributed by atoms with Gasteiger partial charge in [-0.1, -0.05) is 11.3 Å². The van der Waals surface area contributed by atoms with Gasteiger partial charge in [-0.25, -0.2) is 9.78 Å². The minimum atomic E-state index is -0.344. The van der Waals surface area contributed by atoms with E-state index in [1.165, 1.54) is 18.4 Å². The van der Waals surface area contributed by atoms with Crippen LogP contribution in [0.3, 0.4) is 0 Å². The number of pyridine rings is 1. The Morgan fingerprint density at radius 2 is 2.26 bits per heavy atom. The van der Waals surface area contributed by atoms with Crippen molar-refractivity contribution in [1.82, 2.24) is 9.97 Å². The summed E-state index contributed by atoms with van der Waals surface area (Å²) in [7, 11) is 1.37. The van der Waals surface area contributed by atoms with E-state index < -0.39 is 0 Å². The van der Waals surface area contributed by atoms with Crippen molar-refractivity contribution in [2.75, 3.05) is 12.4 Å². The summed E-state index contributed by atoms with van der Waals surface area (Å²) in [5.41, 5.74) is 2.96. The molecule has 2 aromatic rings. The average molecular weight is 277 g/mol. The highest BCUT2D eigenvalue weighted by molar-refractivity contribution is 7.17. The number of hydrogen-bond acceptors (Lipinski definition) is 6. The summed E-state index contributed by atoms with van der Waals surface area (Å²) in [4.78, 5) is 20.4. The van der Waals surface area contributed by atoms with Crippen LogP contribution in [0.25, 0.3) is 0 Å². The zero-order valence-corrected chi connectivity index (χ0v) is 11.9. The number of esters is 1. The third-order valence-electron chi connectivity index (χ3n) is 2.73. The molecular weight excluding hydrogens is 262 g/mol. The Morgan fingerprint density at radius 1 is 1.47 bits per heavy atom. The molecule has 0 aliphatic rings. The number of hydrogen-bond donors (Lipinski definition) is 1. The Bertz CT molecular complexity index is 595. The van der Waals surface area contributed by atoms with Crippen LogP contribution < -0.4 is 5.32 Å². The van der Waals surface area contributed by atoms with Gasteiger partial charge in [-0.05, 0) is 31.0 Å². The highest BCUT2D eigenvalue weighted by atomic mass is 32.1. The number of aryl methyl sites for hydroxylation is 2. The lowest BCUT2D eigenvalue weighted by Crippen LogP contribution is -2.01. The third kappa shape index (κ3) is 3.08. The van der Waals surface area contributed by atoms with Crippen molar-refractivity contribution in [2.45, 2.75) is 20.4 Å². The zero-order chi connectivity index (χ0) is 13.8. The van der Waals surface area contributed by atoms with Crippen LogP contribution in [-0.4, -0.2) is 23.0 Å². The molecule has 0 aromatic carbocycles. The van der Waals surface area contributed by atoms with Crippen molar-refractivity contribution >= 4 is 22.4 Å². The van der Waals surface area contributed by atoms with Gasteiger partial charge >= 0.3 is 5.97 Å². The van der Waals surface area contributed by atoms with Gasteiger partial charge in [0.15, 0.2) is 5.13 Å². The van der Waals surface area contributed by atoms with Gasteiger partial charge in [0.2, 0.25) is 0 Å². The van der Waals surface area contributed by atoms with E-state index in [1.54, 1.807) is 13.1 Å². The molecule has 1 N–H and O–H groups in total. The third-order valence-corrected chi connectivity index (χ3v) is 3.83. The van der Waals surface area contributed by atoms with Crippen LogP contribution in [0.5, 0.6) is 0 Å². The van der Waals surface area contributed by atoms with E-state index in [4.69, 9.17) is 4.74 Å². The van der Waals surface area contributed by atoms with E-state index in [0.29, 0.717) is 22.2 Å². The molecule has 0 aliphatic heterocycles.